The second-order valence-corrected chi connectivity index (χ2v) is 6.50. The standard InChI is InChI=1S/C13H18N2O2S/c1-6-13(4,5)15-18(16,17)12-8-9(2)7-11(14)10(12)3/h1,7-8,15H,14H2,2-5H3. The van der Waals surface area contributed by atoms with Gasteiger partial charge in [-0.3, -0.25) is 0 Å². The molecule has 0 aromatic heterocycles. The van der Waals surface area contributed by atoms with E-state index in [0.29, 0.717) is 11.3 Å². The van der Waals surface area contributed by atoms with Crippen molar-refractivity contribution in [1.82, 2.24) is 4.72 Å². The Morgan fingerprint density at radius 2 is 1.89 bits per heavy atom. The minimum absolute atomic E-state index is 0.170. The molecule has 0 aliphatic carbocycles. The fourth-order valence-electron chi connectivity index (χ4n) is 1.55. The van der Waals surface area contributed by atoms with Crippen molar-refractivity contribution >= 4 is 15.7 Å². The average molecular weight is 266 g/mol. The van der Waals surface area contributed by atoms with E-state index in [2.05, 4.69) is 10.6 Å². The Morgan fingerprint density at radius 3 is 2.39 bits per heavy atom. The van der Waals surface area contributed by atoms with Gasteiger partial charge in [-0.15, -0.1) is 6.42 Å². The summed E-state index contributed by atoms with van der Waals surface area (Å²) in [4.78, 5) is 0.170. The van der Waals surface area contributed by atoms with Crippen molar-refractivity contribution in [2.75, 3.05) is 5.73 Å². The lowest BCUT2D eigenvalue weighted by molar-refractivity contribution is 0.538. The number of anilines is 1. The van der Waals surface area contributed by atoms with Gasteiger partial charge >= 0.3 is 0 Å². The smallest absolute Gasteiger partial charge is 0.242 e. The Labute approximate surface area is 109 Å². The van der Waals surface area contributed by atoms with Crippen LogP contribution in [0.2, 0.25) is 0 Å². The number of sulfonamides is 1. The summed E-state index contributed by atoms with van der Waals surface area (Å²) in [7, 11) is -3.68. The van der Waals surface area contributed by atoms with Crippen LogP contribution >= 0.6 is 0 Å². The van der Waals surface area contributed by atoms with Crippen LogP contribution in [-0.2, 0) is 10.0 Å². The first kappa shape index (κ1) is 14.6. The molecule has 4 nitrogen and oxygen atoms in total. The van der Waals surface area contributed by atoms with Crippen molar-refractivity contribution < 1.29 is 8.42 Å². The molecule has 0 atom stereocenters. The minimum atomic E-state index is -3.68. The SMILES string of the molecule is C#CC(C)(C)NS(=O)(=O)c1cc(C)cc(N)c1C. The highest BCUT2D eigenvalue weighted by molar-refractivity contribution is 7.89. The van der Waals surface area contributed by atoms with Gasteiger partial charge in [-0.05, 0) is 51.0 Å². The van der Waals surface area contributed by atoms with Gasteiger partial charge < -0.3 is 5.73 Å². The third kappa shape index (κ3) is 3.03. The quantitative estimate of drug-likeness (QED) is 0.644. The molecule has 0 aliphatic rings. The molecule has 3 N–H and O–H groups in total. The van der Waals surface area contributed by atoms with E-state index >= 15 is 0 Å². The van der Waals surface area contributed by atoms with E-state index < -0.39 is 15.6 Å². The molecule has 0 unspecified atom stereocenters. The molecule has 0 radical (unpaired) electrons. The average Bonchev–Trinajstić information content (AvgIpc) is 2.21. The fourth-order valence-corrected chi connectivity index (χ4v) is 3.25. The number of benzene rings is 1. The molecule has 0 bridgehead atoms. The highest BCUT2D eigenvalue weighted by Gasteiger charge is 2.26. The lowest BCUT2D eigenvalue weighted by Crippen LogP contribution is -2.42. The number of aryl methyl sites for hydroxylation is 1. The van der Waals surface area contributed by atoms with Crippen molar-refractivity contribution in [3.63, 3.8) is 0 Å². The predicted octanol–water partition coefficient (Wildman–Crippen LogP) is 1.58. The Hall–Kier alpha value is -1.51. The van der Waals surface area contributed by atoms with Gasteiger partial charge in [-0.25, -0.2) is 8.42 Å². The molecular formula is C13H18N2O2S. The van der Waals surface area contributed by atoms with Crippen molar-refractivity contribution in [2.45, 2.75) is 38.1 Å². The zero-order chi connectivity index (χ0) is 14.1. The second kappa shape index (κ2) is 4.63. The molecule has 0 fully saturated rings. The fraction of sp³-hybridized carbons (Fsp3) is 0.385. The van der Waals surface area contributed by atoms with Gasteiger partial charge in [-0.1, -0.05) is 5.92 Å². The van der Waals surface area contributed by atoms with E-state index in [4.69, 9.17) is 12.2 Å². The molecule has 0 aliphatic heterocycles. The molecule has 1 aromatic rings. The monoisotopic (exact) mass is 266 g/mol. The summed E-state index contributed by atoms with van der Waals surface area (Å²) in [5, 5.41) is 0. The van der Waals surface area contributed by atoms with Gasteiger partial charge in [0.05, 0.1) is 10.4 Å². The highest BCUT2D eigenvalue weighted by Crippen LogP contribution is 2.23. The van der Waals surface area contributed by atoms with Gasteiger partial charge in [0.1, 0.15) is 0 Å². The molecule has 98 valence electrons. The molecule has 0 saturated heterocycles. The van der Waals surface area contributed by atoms with Crippen LogP contribution in [0.5, 0.6) is 0 Å². The van der Waals surface area contributed by atoms with Crippen LogP contribution < -0.4 is 10.5 Å². The third-order valence-corrected chi connectivity index (χ3v) is 4.37. The Kier molecular flexibility index (Phi) is 3.75. The van der Waals surface area contributed by atoms with Crippen LogP contribution in [0.1, 0.15) is 25.0 Å². The van der Waals surface area contributed by atoms with Crippen molar-refractivity contribution in [3.05, 3.63) is 23.3 Å². The van der Waals surface area contributed by atoms with Crippen LogP contribution in [-0.4, -0.2) is 14.0 Å². The predicted molar refractivity (Wildman–Crippen MR) is 73.6 cm³/mol. The first-order chi connectivity index (χ1) is 8.09. The number of nitrogens with two attached hydrogens (primary N) is 1. The van der Waals surface area contributed by atoms with E-state index in [1.807, 2.05) is 0 Å². The normalized spacial score (nSPS) is 12.2. The first-order valence-electron chi connectivity index (χ1n) is 5.47. The molecule has 18 heavy (non-hydrogen) atoms. The van der Waals surface area contributed by atoms with E-state index in [-0.39, 0.29) is 4.90 Å². The number of rotatable bonds is 3. The van der Waals surface area contributed by atoms with Crippen LogP contribution in [0.15, 0.2) is 17.0 Å². The summed E-state index contributed by atoms with van der Waals surface area (Å²) >= 11 is 0. The van der Waals surface area contributed by atoms with E-state index in [0.717, 1.165) is 5.56 Å². The number of terminal acetylenes is 1. The Morgan fingerprint density at radius 1 is 1.33 bits per heavy atom. The lowest BCUT2D eigenvalue weighted by Gasteiger charge is -2.21. The summed E-state index contributed by atoms with van der Waals surface area (Å²) < 4.78 is 27.0. The molecule has 0 saturated carbocycles. The van der Waals surface area contributed by atoms with E-state index in [1.165, 1.54) is 0 Å². The van der Waals surface area contributed by atoms with Crippen LogP contribution in [0.3, 0.4) is 0 Å². The third-order valence-electron chi connectivity index (χ3n) is 2.58. The van der Waals surface area contributed by atoms with Crippen molar-refractivity contribution in [3.8, 4) is 12.3 Å². The number of nitrogens with one attached hydrogen (secondary N) is 1. The van der Waals surface area contributed by atoms with Crippen LogP contribution in [0.25, 0.3) is 0 Å². The molecule has 5 heteroatoms. The van der Waals surface area contributed by atoms with Gasteiger partial charge in [0.25, 0.3) is 0 Å². The van der Waals surface area contributed by atoms with Gasteiger partial charge in [0, 0.05) is 5.69 Å². The number of hydrogen-bond donors (Lipinski definition) is 2. The van der Waals surface area contributed by atoms with E-state index in [1.54, 1.807) is 39.8 Å². The number of nitrogen functional groups attached to an aromatic ring is 1. The molecule has 0 spiro atoms. The van der Waals surface area contributed by atoms with Crippen LogP contribution in [0.4, 0.5) is 5.69 Å². The highest BCUT2D eigenvalue weighted by atomic mass is 32.2. The zero-order valence-electron chi connectivity index (χ0n) is 11.0. The van der Waals surface area contributed by atoms with E-state index in [9.17, 15) is 8.42 Å². The second-order valence-electron chi connectivity index (χ2n) is 4.85. The maximum Gasteiger partial charge on any atom is 0.242 e. The zero-order valence-corrected chi connectivity index (χ0v) is 11.9. The van der Waals surface area contributed by atoms with Crippen LogP contribution in [0, 0.1) is 26.2 Å². The summed E-state index contributed by atoms with van der Waals surface area (Å²) in [6.07, 6.45) is 5.29. The maximum absolute atomic E-state index is 12.3. The molecule has 0 amide bonds. The largest absolute Gasteiger partial charge is 0.398 e. The number of hydrogen-bond acceptors (Lipinski definition) is 3. The minimum Gasteiger partial charge on any atom is -0.398 e. The topological polar surface area (TPSA) is 72.2 Å². The summed E-state index contributed by atoms with van der Waals surface area (Å²) in [5.41, 5.74) is 6.61. The van der Waals surface area contributed by atoms with Crippen molar-refractivity contribution in [2.24, 2.45) is 0 Å². The van der Waals surface area contributed by atoms with Gasteiger partial charge in [-0.2, -0.15) is 4.72 Å². The summed E-state index contributed by atoms with van der Waals surface area (Å²) in [6.45, 7) is 6.71. The molecule has 0 heterocycles. The summed E-state index contributed by atoms with van der Waals surface area (Å²) in [6, 6.07) is 3.32. The molecular weight excluding hydrogens is 248 g/mol. The Balaban J connectivity index is 3.35. The first-order valence-corrected chi connectivity index (χ1v) is 6.96. The maximum atomic E-state index is 12.3. The van der Waals surface area contributed by atoms with Gasteiger partial charge in [0.15, 0.2) is 0 Å². The molecule has 1 rings (SSSR count). The van der Waals surface area contributed by atoms with Crippen molar-refractivity contribution in [1.29, 1.82) is 0 Å². The van der Waals surface area contributed by atoms with Gasteiger partial charge in [0.2, 0.25) is 10.0 Å². The lowest BCUT2D eigenvalue weighted by atomic mass is 10.1. The Bertz CT molecular complexity index is 611. The molecule has 1 aromatic carbocycles. The summed E-state index contributed by atoms with van der Waals surface area (Å²) in [5.74, 6) is 2.39.